The average Bonchev–Trinajstić information content (AvgIpc) is 2.74. The molecule has 0 aromatic carbocycles. The maximum Gasteiger partial charge on any atom is 0.258 e. The van der Waals surface area contributed by atoms with Crippen molar-refractivity contribution in [2.24, 2.45) is 0 Å². The third-order valence-electron chi connectivity index (χ3n) is 3.51. The van der Waals surface area contributed by atoms with Gasteiger partial charge in [0.15, 0.2) is 12.4 Å². The SMILES string of the molecule is COc1ncccc1OCC(=O)NC1CCCCCC1. The summed E-state index contributed by atoms with van der Waals surface area (Å²) in [5.41, 5.74) is 0. The molecule has 1 aromatic rings. The van der Waals surface area contributed by atoms with Gasteiger partial charge in [0.1, 0.15) is 0 Å². The molecule has 20 heavy (non-hydrogen) atoms. The number of carbonyl (C=O) groups is 1. The number of hydrogen-bond acceptors (Lipinski definition) is 4. The van der Waals surface area contributed by atoms with Crippen molar-refractivity contribution < 1.29 is 14.3 Å². The van der Waals surface area contributed by atoms with Crippen molar-refractivity contribution in [1.82, 2.24) is 10.3 Å². The molecule has 0 atom stereocenters. The van der Waals surface area contributed by atoms with Gasteiger partial charge in [-0.05, 0) is 25.0 Å². The minimum absolute atomic E-state index is 0.00144. The van der Waals surface area contributed by atoms with Crippen LogP contribution in [-0.4, -0.2) is 30.6 Å². The van der Waals surface area contributed by atoms with E-state index in [4.69, 9.17) is 9.47 Å². The van der Waals surface area contributed by atoms with Gasteiger partial charge in [0, 0.05) is 12.2 Å². The molecule has 5 nitrogen and oxygen atoms in total. The first kappa shape index (κ1) is 14.6. The summed E-state index contributed by atoms with van der Waals surface area (Å²) in [6, 6.07) is 3.79. The van der Waals surface area contributed by atoms with Gasteiger partial charge in [0.25, 0.3) is 11.8 Å². The van der Waals surface area contributed by atoms with Crippen LogP contribution in [0.5, 0.6) is 11.6 Å². The molecular weight excluding hydrogens is 256 g/mol. The van der Waals surface area contributed by atoms with Crippen LogP contribution >= 0.6 is 0 Å². The Bertz CT molecular complexity index is 429. The van der Waals surface area contributed by atoms with E-state index in [9.17, 15) is 4.79 Å². The van der Waals surface area contributed by atoms with E-state index in [2.05, 4.69) is 10.3 Å². The lowest BCUT2D eigenvalue weighted by molar-refractivity contribution is -0.123. The molecule has 110 valence electrons. The highest BCUT2D eigenvalue weighted by Crippen LogP contribution is 2.22. The Morgan fingerprint density at radius 2 is 2.10 bits per heavy atom. The summed E-state index contributed by atoms with van der Waals surface area (Å²) in [7, 11) is 1.53. The minimum atomic E-state index is -0.0807. The van der Waals surface area contributed by atoms with E-state index < -0.39 is 0 Å². The van der Waals surface area contributed by atoms with Crippen LogP contribution in [0.25, 0.3) is 0 Å². The fraction of sp³-hybridized carbons (Fsp3) is 0.600. The zero-order valence-electron chi connectivity index (χ0n) is 11.9. The van der Waals surface area contributed by atoms with Crippen molar-refractivity contribution in [3.8, 4) is 11.6 Å². The Balaban J connectivity index is 1.79. The number of methoxy groups -OCH3 is 1. The largest absolute Gasteiger partial charge is 0.478 e. The van der Waals surface area contributed by atoms with E-state index in [1.54, 1.807) is 18.3 Å². The number of amides is 1. The standard InChI is InChI=1S/C15H22N2O3/c1-19-15-13(9-6-10-16-15)20-11-14(18)17-12-7-4-2-3-5-8-12/h6,9-10,12H,2-5,7-8,11H2,1H3,(H,17,18). The molecule has 1 fully saturated rings. The van der Waals surface area contributed by atoms with Crippen molar-refractivity contribution >= 4 is 5.91 Å². The molecule has 1 aromatic heterocycles. The third-order valence-corrected chi connectivity index (χ3v) is 3.51. The second kappa shape index (κ2) is 7.72. The summed E-state index contributed by atoms with van der Waals surface area (Å²) >= 11 is 0. The van der Waals surface area contributed by atoms with E-state index in [1.807, 2.05) is 0 Å². The second-order valence-electron chi connectivity index (χ2n) is 5.06. The molecule has 1 saturated carbocycles. The average molecular weight is 278 g/mol. The van der Waals surface area contributed by atoms with E-state index >= 15 is 0 Å². The first-order valence-corrected chi connectivity index (χ1v) is 7.21. The lowest BCUT2D eigenvalue weighted by Crippen LogP contribution is -2.37. The van der Waals surface area contributed by atoms with Crippen molar-refractivity contribution in [3.63, 3.8) is 0 Å². The van der Waals surface area contributed by atoms with Gasteiger partial charge in [-0.1, -0.05) is 25.7 Å². The monoisotopic (exact) mass is 278 g/mol. The Hall–Kier alpha value is -1.78. The first-order valence-electron chi connectivity index (χ1n) is 7.21. The quantitative estimate of drug-likeness (QED) is 0.840. The lowest BCUT2D eigenvalue weighted by atomic mass is 10.1. The maximum absolute atomic E-state index is 11.9. The summed E-state index contributed by atoms with van der Waals surface area (Å²) in [5, 5.41) is 3.04. The van der Waals surface area contributed by atoms with Crippen molar-refractivity contribution in [3.05, 3.63) is 18.3 Å². The van der Waals surface area contributed by atoms with Crippen LogP contribution in [0.15, 0.2) is 18.3 Å². The molecule has 2 rings (SSSR count). The lowest BCUT2D eigenvalue weighted by Gasteiger charge is -2.16. The molecule has 0 saturated heterocycles. The Morgan fingerprint density at radius 3 is 2.80 bits per heavy atom. The number of aromatic nitrogens is 1. The number of nitrogens with one attached hydrogen (secondary N) is 1. The van der Waals surface area contributed by atoms with Crippen LogP contribution in [0.4, 0.5) is 0 Å². The highest BCUT2D eigenvalue weighted by atomic mass is 16.5. The summed E-state index contributed by atoms with van der Waals surface area (Å²) in [5.74, 6) is 0.809. The van der Waals surface area contributed by atoms with Crippen molar-refractivity contribution in [2.75, 3.05) is 13.7 Å². The van der Waals surface area contributed by atoms with Crippen molar-refractivity contribution in [2.45, 2.75) is 44.6 Å². The molecular formula is C15H22N2O3. The zero-order valence-corrected chi connectivity index (χ0v) is 11.9. The third kappa shape index (κ3) is 4.40. The van der Waals surface area contributed by atoms with Gasteiger partial charge < -0.3 is 14.8 Å². The number of pyridine rings is 1. The predicted octanol–water partition coefficient (Wildman–Crippen LogP) is 2.31. The molecule has 1 amide bonds. The van der Waals surface area contributed by atoms with Gasteiger partial charge in [-0.2, -0.15) is 0 Å². The van der Waals surface area contributed by atoms with E-state index in [0.29, 0.717) is 17.7 Å². The van der Waals surface area contributed by atoms with Crippen LogP contribution in [0.1, 0.15) is 38.5 Å². The topological polar surface area (TPSA) is 60.5 Å². The number of rotatable bonds is 5. The fourth-order valence-electron chi connectivity index (χ4n) is 2.48. The summed E-state index contributed by atoms with van der Waals surface area (Å²) in [6.45, 7) is -0.00144. The first-order chi connectivity index (χ1) is 9.79. The Morgan fingerprint density at radius 1 is 1.35 bits per heavy atom. The molecule has 1 aliphatic carbocycles. The van der Waals surface area contributed by atoms with Gasteiger partial charge in [0.2, 0.25) is 0 Å². The van der Waals surface area contributed by atoms with Crippen LogP contribution in [0.3, 0.4) is 0 Å². The predicted molar refractivity (Wildman–Crippen MR) is 75.9 cm³/mol. The second-order valence-corrected chi connectivity index (χ2v) is 5.06. The van der Waals surface area contributed by atoms with Crippen LogP contribution in [0.2, 0.25) is 0 Å². The number of hydrogen-bond donors (Lipinski definition) is 1. The number of carbonyl (C=O) groups excluding carboxylic acids is 1. The minimum Gasteiger partial charge on any atom is -0.478 e. The highest BCUT2D eigenvalue weighted by Gasteiger charge is 2.15. The summed E-state index contributed by atoms with van der Waals surface area (Å²) in [4.78, 5) is 15.9. The van der Waals surface area contributed by atoms with E-state index in [-0.39, 0.29) is 12.5 Å². The molecule has 0 radical (unpaired) electrons. The smallest absolute Gasteiger partial charge is 0.258 e. The van der Waals surface area contributed by atoms with E-state index in [1.165, 1.54) is 32.8 Å². The molecule has 0 spiro atoms. The van der Waals surface area contributed by atoms with Crippen LogP contribution < -0.4 is 14.8 Å². The van der Waals surface area contributed by atoms with Crippen molar-refractivity contribution in [1.29, 1.82) is 0 Å². The van der Waals surface area contributed by atoms with E-state index in [0.717, 1.165) is 12.8 Å². The Labute approximate surface area is 119 Å². The zero-order chi connectivity index (χ0) is 14.2. The molecule has 5 heteroatoms. The molecule has 0 bridgehead atoms. The maximum atomic E-state index is 11.9. The van der Waals surface area contributed by atoms with Gasteiger partial charge in [-0.25, -0.2) is 4.98 Å². The number of nitrogens with zero attached hydrogens (tertiary/aromatic N) is 1. The molecule has 1 heterocycles. The molecule has 1 N–H and O–H groups in total. The van der Waals surface area contributed by atoms with Gasteiger partial charge >= 0.3 is 0 Å². The fourth-order valence-corrected chi connectivity index (χ4v) is 2.48. The van der Waals surface area contributed by atoms with Crippen LogP contribution in [-0.2, 0) is 4.79 Å². The highest BCUT2D eigenvalue weighted by molar-refractivity contribution is 5.77. The molecule has 0 aliphatic heterocycles. The number of ether oxygens (including phenoxy) is 2. The molecule has 0 unspecified atom stereocenters. The summed E-state index contributed by atoms with van der Waals surface area (Å²) < 4.78 is 10.5. The molecule has 1 aliphatic rings. The summed E-state index contributed by atoms with van der Waals surface area (Å²) in [6.07, 6.45) is 8.71. The Kier molecular flexibility index (Phi) is 5.65. The van der Waals surface area contributed by atoms with Crippen LogP contribution in [0, 0.1) is 0 Å². The van der Waals surface area contributed by atoms with Gasteiger partial charge in [-0.15, -0.1) is 0 Å². The van der Waals surface area contributed by atoms with Gasteiger partial charge in [-0.3, -0.25) is 4.79 Å². The normalized spacial score (nSPS) is 16.2. The van der Waals surface area contributed by atoms with Gasteiger partial charge in [0.05, 0.1) is 7.11 Å².